The zero-order chi connectivity index (χ0) is 18.5. The van der Waals surface area contributed by atoms with Crippen LogP contribution in [0, 0.1) is 10.1 Å². The molecule has 0 unspecified atom stereocenters. The minimum atomic E-state index is -0.472. The number of amides is 1. The number of carbonyl (C=O) groups is 1. The van der Waals surface area contributed by atoms with Gasteiger partial charge in [-0.2, -0.15) is 0 Å². The van der Waals surface area contributed by atoms with Crippen LogP contribution in [0.1, 0.15) is 10.4 Å². The lowest BCUT2D eigenvalue weighted by Crippen LogP contribution is -2.36. The molecule has 7 nitrogen and oxygen atoms in total. The number of hydrogen-bond donors (Lipinski definition) is 1. The van der Waals surface area contributed by atoms with E-state index in [9.17, 15) is 14.9 Å². The number of nitrogens with zero attached hydrogens (tertiary/aromatic N) is 2. The van der Waals surface area contributed by atoms with Gasteiger partial charge >= 0.3 is 0 Å². The maximum Gasteiger partial charge on any atom is 0.283 e. The van der Waals surface area contributed by atoms with E-state index in [2.05, 4.69) is 10.2 Å². The van der Waals surface area contributed by atoms with Crippen molar-refractivity contribution in [3.05, 3.63) is 58.1 Å². The smallest absolute Gasteiger partial charge is 0.283 e. The Hall–Kier alpha value is -2.58. The summed E-state index contributed by atoms with van der Waals surface area (Å²) in [5.74, 6) is -0.375. The van der Waals surface area contributed by atoms with Gasteiger partial charge in [0.1, 0.15) is 0 Å². The van der Waals surface area contributed by atoms with Gasteiger partial charge in [-0.1, -0.05) is 0 Å². The molecule has 136 valence electrons. The number of rotatable bonds is 5. The standard InChI is InChI=1S/C18H19N3O4S/c1-26-17-7-2-13(12-16(17)21(23)24)18(22)19-14-3-5-15(6-4-14)20-8-10-25-11-9-20/h2-7,12H,8-11H2,1H3,(H,19,22). The number of nitro groups is 1. The first kappa shape index (κ1) is 18.2. The summed E-state index contributed by atoms with van der Waals surface area (Å²) >= 11 is 1.28. The SMILES string of the molecule is CSc1ccc(C(=O)Nc2ccc(N3CCOCC3)cc2)cc1[N+](=O)[O-]. The number of anilines is 2. The average molecular weight is 373 g/mol. The summed E-state index contributed by atoms with van der Waals surface area (Å²) in [6.45, 7) is 3.11. The Kier molecular flexibility index (Phi) is 5.75. The van der Waals surface area contributed by atoms with Crippen LogP contribution < -0.4 is 10.2 Å². The maximum atomic E-state index is 12.4. The van der Waals surface area contributed by atoms with Crippen LogP contribution in [0.5, 0.6) is 0 Å². The molecule has 0 aliphatic carbocycles. The van der Waals surface area contributed by atoms with Gasteiger partial charge in [0.2, 0.25) is 0 Å². The Morgan fingerprint density at radius 1 is 1.19 bits per heavy atom. The number of ether oxygens (including phenoxy) is 1. The topological polar surface area (TPSA) is 84.7 Å². The van der Waals surface area contributed by atoms with Crippen molar-refractivity contribution in [2.75, 3.05) is 42.8 Å². The highest BCUT2D eigenvalue weighted by atomic mass is 32.2. The van der Waals surface area contributed by atoms with Crippen molar-refractivity contribution in [2.45, 2.75) is 4.90 Å². The predicted octanol–water partition coefficient (Wildman–Crippen LogP) is 3.41. The van der Waals surface area contributed by atoms with E-state index >= 15 is 0 Å². The first-order valence-electron chi connectivity index (χ1n) is 8.15. The molecule has 0 aromatic heterocycles. The number of morpholine rings is 1. The number of thioether (sulfide) groups is 1. The van der Waals surface area contributed by atoms with E-state index in [0.717, 1.165) is 18.8 Å². The summed E-state index contributed by atoms with van der Waals surface area (Å²) in [6, 6.07) is 12.0. The van der Waals surface area contributed by atoms with Crippen LogP contribution in [0.4, 0.5) is 17.1 Å². The first-order valence-corrected chi connectivity index (χ1v) is 9.37. The molecule has 1 fully saturated rings. The highest BCUT2D eigenvalue weighted by molar-refractivity contribution is 7.98. The van der Waals surface area contributed by atoms with E-state index in [-0.39, 0.29) is 17.2 Å². The van der Waals surface area contributed by atoms with E-state index in [1.807, 2.05) is 24.3 Å². The quantitative estimate of drug-likeness (QED) is 0.491. The summed E-state index contributed by atoms with van der Waals surface area (Å²) in [6.07, 6.45) is 1.76. The number of carbonyl (C=O) groups excluding carboxylic acids is 1. The molecule has 1 saturated heterocycles. The molecule has 2 aromatic rings. The van der Waals surface area contributed by atoms with E-state index in [1.165, 1.54) is 17.8 Å². The van der Waals surface area contributed by atoms with E-state index in [0.29, 0.717) is 23.8 Å². The molecule has 8 heteroatoms. The maximum absolute atomic E-state index is 12.4. The van der Waals surface area contributed by atoms with Gasteiger partial charge in [0, 0.05) is 36.1 Å². The molecule has 26 heavy (non-hydrogen) atoms. The predicted molar refractivity (Wildman–Crippen MR) is 102 cm³/mol. The van der Waals surface area contributed by atoms with Gasteiger partial charge in [0.05, 0.1) is 23.0 Å². The first-order chi connectivity index (χ1) is 12.6. The molecular weight excluding hydrogens is 354 g/mol. The highest BCUT2D eigenvalue weighted by Gasteiger charge is 2.17. The average Bonchev–Trinajstić information content (AvgIpc) is 2.68. The lowest BCUT2D eigenvalue weighted by Gasteiger charge is -2.28. The largest absolute Gasteiger partial charge is 0.378 e. The summed E-state index contributed by atoms with van der Waals surface area (Å²) < 4.78 is 5.34. The van der Waals surface area contributed by atoms with Crippen molar-refractivity contribution in [2.24, 2.45) is 0 Å². The zero-order valence-electron chi connectivity index (χ0n) is 14.3. The van der Waals surface area contributed by atoms with Gasteiger partial charge in [-0.05, 0) is 42.7 Å². The minimum absolute atomic E-state index is 0.0622. The van der Waals surface area contributed by atoms with Crippen LogP contribution in [-0.4, -0.2) is 43.4 Å². The van der Waals surface area contributed by atoms with Crippen LogP contribution in [0.2, 0.25) is 0 Å². The third-order valence-electron chi connectivity index (χ3n) is 4.14. The second-order valence-electron chi connectivity index (χ2n) is 5.74. The molecule has 0 atom stereocenters. The second-order valence-corrected chi connectivity index (χ2v) is 6.59. The third-order valence-corrected chi connectivity index (χ3v) is 4.92. The molecule has 1 aliphatic heterocycles. The molecule has 3 rings (SSSR count). The van der Waals surface area contributed by atoms with Gasteiger partial charge in [0.15, 0.2) is 0 Å². The van der Waals surface area contributed by atoms with Crippen molar-refractivity contribution in [1.29, 1.82) is 0 Å². The molecule has 1 aliphatic rings. The molecule has 1 heterocycles. The van der Waals surface area contributed by atoms with Crippen LogP contribution in [0.3, 0.4) is 0 Å². The number of hydrogen-bond acceptors (Lipinski definition) is 6. The van der Waals surface area contributed by atoms with Gasteiger partial charge in [-0.15, -0.1) is 11.8 Å². The Morgan fingerprint density at radius 3 is 2.50 bits per heavy atom. The third kappa shape index (κ3) is 4.14. The number of benzene rings is 2. The summed E-state index contributed by atoms with van der Waals surface area (Å²) in [5, 5.41) is 13.9. The van der Waals surface area contributed by atoms with Crippen molar-refractivity contribution in [3.63, 3.8) is 0 Å². The Bertz CT molecular complexity index is 805. The number of nitrogens with one attached hydrogen (secondary N) is 1. The lowest BCUT2D eigenvalue weighted by molar-refractivity contribution is -0.387. The normalized spacial score (nSPS) is 14.1. The fourth-order valence-electron chi connectivity index (χ4n) is 2.75. The van der Waals surface area contributed by atoms with E-state index in [4.69, 9.17) is 4.74 Å². The Balaban J connectivity index is 1.71. The summed E-state index contributed by atoms with van der Waals surface area (Å²) in [7, 11) is 0. The van der Waals surface area contributed by atoms with Crippen molar-refractivity contribution in [3.8, 4) is 0 Å². The molecule has 0 saturated carbocycles. The second kappa shape index (κ2) is 8.20. The van der Waals surface area contributed by atoms with E-state index in [1.54, 1.807) is 18.4 Å². The van der Waals surface area contributed by atoms with Crippen LogP contribution >= 0.6 is 11.8 Å². The highest BCUT2D eigenvalue weighted by Crippen LogP contribution is 2.28. The Morgan fingerprint density at radius 2 is 1.88 bits per heavy atom. The van der Waals surface area contributed by atoms with Crippen molar-refractivity contribution in [1.82, 2.24) is 0 Å². The molecule has 0 spiro atoms. The van der Waals surface area contributed by atoms with Gasteiger partial charge < -0.3 is 15.0 Å². The minimum Gasteiger partial charge on any atom is -0.378 e. The molecule has 0 radical (unpaired) electrons. The summed E-state index contributed by atoms with van der Waals surface area (Å²) in [4.78, 5) is 25.8. The monoisotopic (exact) mass is 373 g/mol. The van der Waals surface area contributed by atoms with Crippen LogP contribution in [0.25, 0.3) is 0 Å². The lowest BCUT2D eigenvalue weighted by atomic mass is 10.1. The molecule has 1 amide bonds. The fourth-order valence-corrected chi connectivity index (χ4v) is 3.30. The van der Waals surface area contributed by atoms with Gasteiger partial charge in [-0.25, -0.2) is 0 Å². The molecular formula is C18H19N3O4S. The van der Waals surface area contributed by atoms with Gasteiger partial charge in [0.25, 0.3) is 11.6 Å². The number of nitro benzene ring substituents is 1. The molecule has 0 bridgehead atoms. The van der Waals surface area contributed by atoms with Crippen molar-refractivity contribution < 1.29 is 14.5 Å². The van der Waals surface area contributed by atoms with Gasteiger partial charge in [-0.3, -0.25) is 14.9 Å². The molecule has 1 N–H and O–H groups in total. The zero-order valence-corrected chi connectivity index (χ0v) is 15.1. The van der Waals surface area contributed by atoms with Crippen LogP contribution in [0.15, 0.2) is 47.4 Å². The Labute approximate surface area is 155 Å². The van der Waals surface area contributed by atoms with E-state index < -0.39 is 4.92 Å². The fraction of sp³-hybridized carbons (Fsp3) is 0.278. The van der Waals surface area contributed by atoms with Crippen LogP contribution in [-0.2, 0) is 4.74 Å². The molecule has 2 aromatic carbocycles. The summed E-state index contributed by atoms with van der Waals surface area (Å²) in [5.41, 5.74) is 1.91. The van der Waals surface area contributed by atoms with Crippen molar-refractivity contribution >= 4 is 34.7 Å².